The molecule has 21 heavy (non-hydrogen) atoms. The van der Waals surface area contributed by atoms with Crippen molar-refractivity contribution in [2.24, 2.45) is 0 Å². The molecule has 0 bridgehead atoms. The smallest absolute Gasteiger partial charge is 0.162 e. The van der Waals surface area contributed by atoms with Crippen LogP contribution in [0.1, 0.15) is 12.0 Å². The third-order valence-electron chi connectivity index (χ3n) is 3.96. The van der Waals surface area contributed by atoms with Crippen molar-refractivity contribution in [3.63, 3.8) is 0 Å². The minimum Gasteiger partial charge on any atom is -0.486 e. The summed E-state index contributed by atoms with van der Waals surface area (Å²) in [7, 11) is -0.888. The van der Waals surface area contributed by atoms with Gasteiger partial charge in [-0.1, -0.05) is 15.9 Å². The number of fused-ring (bicyclic) bond motifs is 1. The highest BCUT2D eigenvalue weighted by molar-refractivity contribution is 9.10. The van der Waals surface area contributed by atoms with E-state index in [1.54, 1.807) is 0 Å². The minimum atomic E-state index is -2.86. The number of halogens is 1. The Balaban J connectivity index is 1.75. The van der Waals surface area contributed by atoms with E-state index in [0.29, 0.717) is 31.9 Å². The van der Waals surface area contributed by atoms with Crippen LogP contribution in [0.15, 0.2) is 16.6 Å². The summed E-state index contributed by atoms with van der Waals surface area (Å²) >= 11 is 3.55. The molecule has 7 heteroatoms. The molecule has 0 spiro atoms. The van der Waals surface area contributed by atoms with E-state index in [-0.39, 0.29) is 11.8 Å². The maximum Gasteiger partial charge on any atom is 0.162 e. The average molecular weight is 376 g/mol. The zero-order chi connectivity index (χ0) is 15.0. The van der Waals surface area contributed by atoms with Crippen LogP contribution in [-0.2, 0) is 16.4 Å². The second-order valence-corrected chi connectivity index (χ2v) is 8.64. The number of rotatable bonds is 3. The molecule has 0 amide bonds. The van der Waals surface area contributed by atoms with Gasteiger partial charge >= 0.3 is 0 Å². The molecule has 1 aromatic rings. The Kier molecular flexibility index (Phi) is 4.16. The van der Waals surface area contributed by atoms with E-state index < -0.39 is 9.84 Å². The first kappa shape index (κ1) is 15.1. The number of benzene rings is 1. The topological polar surface area (TPSA) is 55.8 Å². The summed E-state index contributed by atoms with van der Waals surface area (Å²) in [5.41, 5.74) is 1.08. The van der Waals surface area contributed by atoms with Crippen molar-refractivity contribution >= 4 is 25.8 Å². The lowest BCUT2D eigenvalue weighted by Crippen LogP contribution is -2.32. The van der Waals surface area contributed by atoms with Crippen LogP contribution in [0, 0.1) is 0 Å². The molecule has 2 heterocycles. The van der Waals surface area contributed by atoms with Gasteiger partial charge in [-0.2, -0.15) is 0 Å². The zero-order valence-corrected chi connectivity index (χ0v) is 14.2. The van der Waals surface area contributed by atoms with Crippen LogP contribution >= 0.6 is 15.9 Å². The molecule has 1 aromatic carbocycles. The summed E-state index contributed by atoms with van der Waals surface area (Å²) in [6.07, 6.45) is 0.709. The lowest BCUT2D eigenvalue weighted by molar-refractivity contribution is 0.170. The van der Waals surface area contributed by atoms with Crippen molar-refractivity contribution < 1.29 is 17.9 Å². The molecule has 0 saturated carbocycles. The van der Waals surface area contributed by atoms with E-state index in [1.807, 2.05) is 19.2 Å². The number of hydrogen-bond acceptors (Lipinski definition) is 5. The van der Waals surface area contributed by atoms with Gasteiger partial charge in [0.2, 0.25) is 0 Å². The number of nitrogens with zero attached hydrogens (tertiary/aromatic N) is 1. The van der Waals surface area contributed by atoms with Crippen LogP contribution in [0.3, 0.4) is 0 Å². The molecule has 2 aliphatic heterocycles. The second kappa shape index (κ2) is 5.78. The number of sulfone groups is 1. The summed E-state index contributed by atoms with van der Waals surface area (Å²) in [5.74, 6) is 2.06. The van der Waals surface area contributed by atoms with Crippen LogP contribution in [-0.4, -0.2) is 51.1 Å². The minimum absolute atomic E-state index is 0.0927. The highest BCUT2D eigenvalue weighted by Crippen LogP contribution is 2.36. The third-order valence-corrected chi connectivity index (χ3v) is 6.45. The Bertz CT molecular complexity index is 647. The van der Waals surface area contributed by atoms with Crippen molar-refractivity contribution in [2.45, 2.75) is 19.0 Å². The van der Waals surface area contributed by atoms with Crippen molar-refractivity contribution in [3.8, 4) is 11.5 Å². The van der Waals surface area contributed by atoms with Gasteiger partial charge < -0.3 is 9.47 Å². The first-order valence-electron chi connectivity index (χ1n) is 6.93. The fourth-order valence-electron chi connectivity index (χ4n) is 2.75. The van der Waals surface area contributed by atoms with E-state index in [9.17, 15) is 8.42 Å². The van der Waals surface area contributed by atoms with Crippen molar-refractivity contribution in [1.82, 2.24) is 4.90 Å². The quantitative estimate of drug-likeness (QED) is 0.806. The molecule has 0 aliphatic carbocycles. The van der Waals surface area contributed by atoms with Crippen LogP contribution in [0.25, 0.3) is 0 Å². The molecule has 5 nitrogen and oxygen atoms in total. The summed E-state index contributed by atoms with van der Waals surface area (Å²) in [5, 5.41) is 0. The lowest BCUT2D eigenvalue weighted by atomic mass is 10.1. The molecule has 116 valence electrons. The SMILES string of the molecule is CN(Cc1cc2c(cc1Br)OCCO2)C1CCS(=O)(=O)C1. The fourth-order valence-corrected chi connectivity index (χ4v) is 5.00. The van der Waals surface area contributed by atoms with Crippen LogP contribution in [0.5, 0.6) is 11.5 Å². The largest absolute Gasteiger partial charge is 0.486 e. The van der Waals surface area contributed by atoms with E-state index in [4.69, 9.17) is 9.47 Å². The van der Waals surface area contributed by atoms with E-state index in [0.717, 1.165) is 21.5 Å². The van der Waals surface area contributed by atoms with Crippen molar-refractivity contribution in [2.75, 3.05) is 31.8 Å². The Morgan fingerprint density at radius 1 is 1.29 bits per heavy atom. The van der Waals surface area contributed by atoms with Gasteiger partial charge in [0, 0.05) is 17.1 Å². The third kappa shape index (κ3) is 3.35. The van der Waals surface area contributed by atoms with Crippen LogP contribution in [0.2, 0.25) is 0 Å². The standard InChI is InChI=1S/C14H18BrNO4S/c1-16(11-2-5-21(17,18)9-11)8-10-6-13-14(7-12(10)15)20-4-3-19-13/h6-7,11H,2-5,8-9H2,1H3. The predicted molar refractivity (Wildman–Crippen MR) is 83.7 cm³/mol. The van der Waals surface area contributed by atoms with Crippen LogP contribution in [0.4, 0.5) is 0 Å². The Morgan fingerprint density at radius 2 is 1.95 bits per heavy atom. The molecule has 0 N–H and O–H groups in total. The normalized spacial score (nSPS) is 23.5. The Labute approximate surface area is 133 Å². The van der Waals surface area contributed by atoms with Gasteiger partial charge in [-0.25, -0.2) is 8.42 Å². The molecule has 1 saturated heterocycles. The Hall–Kier alpha value is -0.790. The van der Waals surface area contributed by atoms with Gasteiger partial charge in [0.15, 0.2) is 21.3 Å². The molecule has 1 fully saturated rings. The van der Waals surface area contributed by atoms with Gasteiger partial charge in [-0.15, -0.1) is 0 Å². The maximum atomic E-state index is 11.6. The molecular weight excluding hydrogens is 358 g/mol. The molecule has 3 rings (SSSR count). The molecular formula is C14H18BrNO4S. The Morgan fingerprint density at radius 3 is 2.57 bits per heavy atom. The summed E-state index contributed by atoms with van der Waals surface area (Å²) < 4.78 is 35.3. The number of ether oxygens (including phenoxy) is 2. The summed E-state index contributed by atoms with van der Waals surface area (Å²) in [6.45, 7) is 1.81. The van der Waals surface area contributed by atoms with E-state index >= 15 is 0 Å². The molecule has 0 radical (unpaired) electrons. The van der Waals surface area contributed by atoms with Gasteiger partial charge in [0.05, 0.1) is 11.5 Å². The first-order valence-corrected chi connectivity index (χ1v) is 9.55. The summed E-state index contributed by atoms with van der Waals surface area (Å²) in [4.78, 5) is 2.10. The van der Waals surface area contributed by atoms with E-state index in [2.05, 4.69) is 20.8 Å². The van der Waals surface area contributed by atoms with Crippen molar-refractivity contribution in [3.05, 3.63) is 22.2 Å². The lowest BCUT2D eigenvalue weighted by Gasteiger charge is -2.25. The van der Waals surface area contributed by atoms with Gasteiger partial charge in [-0.05, 0) is 31.2 Å². The molecule has 1 unspecified atom stereocenters. The predicted octanol–water partition coefficient (Wildman–Crippen LogP) is 1.84. The van der Waals surface area contributed by atoms with Gasteiger partial charge in [0.25, 0.3) is 0 Å². The zero-order valence-electron chi connectivity index (χ0n) is 11.8. The van der Waals surface area contributed by atoms with E-state index in [1.165, 1.54) is 0 Å². The summed E-state index contributed by atoms with van der Waals surface area (Å²) in [6, 6.07) is 3.98. The second-order valence-electron chi connectivity index (χ2n) is 5.56. The molecule has 2 aliphatic rings. The van der Waals surface area contributed by atoms with Crippen molar-refractivity contribution in [1.29, 1.82) is 0 Å². The maximum absolute atomic E-state index is 11.6. The average Bonchev–Trinajstić information content (AvgIpc) is 2.80. The van der Waals surface area contributed by atoms with Gasteiger partial charge in [-0.3, -0.25) is 4.90 Å². The van der Waals surface area contributed by atoms with Gasteiger partial charge in [0.1, 0.15) is 13.2 Å². The van der Waals surface area contributed by atoms with Crippen LogP contribution < -0.4 is 9.47 Å². The highest BCUT2D eigenvalue weighted by Gasteiger charge is 2.30. The monoisotopic (exact) mass is 375 g/mol. The first-order chi connectivity index (χ1) is 9.94. The molecule has 0 aromatic heterocycles. The highest BCUT2D eigenvalue weighted by atomic mass is 79.9. The fraction of sp³-hybridized carbons (Fsp3) is 0.571. The molecule has 1 atom stereocenters. The number of hydrogen-bond donors (Lipinski definition) is 0.